The second kappa shape index (κ2) is 7.10. The molecule has 1 saturated heterocycles. The molecule has 0 amide bonds. The number of hydrogen-bond donors (Lipinski definition) is 0. The highest BCUT2D eigenvalue weighted by atomic mass is 32.1. The van der Waals surface area contributed by atoms with Crippen LogP contribution in [-0.4, -0.2) is 29.3 Å². The zero-order valence-corrected chi connectivity index (χ0v) is 13.7. The molecule has 19 heavy (non-hydrogen) atoms. The van der Waals surface area contributed by atoms with E-state index in [1.54, 1.807) is 0 Å². The maximum absolute atomic E-state index is 5.70. The van der Waals surface area contributed by atoms with Crippen LogP contribution in [0.3, 0.4) is 0 Å². The molecule has 3 heteroatoms. The second-order valence-electron chi connectivity index (χ2n) is 6.63. The average Bonchev–Trinajstić information content (AvgIpc) is 2.71. The molecule has 0 N–H and O–H groups in total. The summed E-state index contributed by atoms with van der Waals surface area (Å²) in [5.41, 5.74) is 0. The smallest absolute Gasteiger partial charge is 0.113 e. The highest BCUT2D eigenvalue weighted by molar-refractivity contribution is 7.80. The lowest BCUT2D eigenvalue weighted by molar-refractivity contribution is 0.217. The molecule has 2 fully saturated rings. The molecular formula is C16H29BNS. The van der Waals surface area contributed by atoms with Crippen molar-refractivity contribution in [3.05, 3.63) is 0 Å². The van der Waals surface area contributed by atoms with Crippen molar-refractivity contribution >= 4 is 24.5 Å². The lowest BCUT2D eigenvalue weighted by Gasteiger charge is -2.35. The number of fused-ring (bicyclic) bond motifs is 1. The molecule has 1 aliphatic heterocycles. The maximum Gasteiger partial charge on any atom is 0.113 e. The first kappa shape index (κ1) is 15.3. The van der Waals surface area contributed by atoms with Gasteiger partial charge in [-0.3, -0.25) is 0 Å². The number of thiocarbonyl (C=S) groups is 1. The summed E-state index contributed by atoms with van der Waals surface area (Å²) in [7, 11) is 2.58. The Labute approximate surface area is 125 Å². The van der Waals surface area contributed by atoms with Gasteiger partial charge in [0.05, 0.1) is 4.99 Å². The molecule has 0 bridgehead atoms. The van der Waals surface area contributed by atoms with Crippen molar-refractivity contribution in [2.24, 2.45) is 5.92 Å². The van der Waals surface area contributed by atoms with Gasteiger partial charge in [0.15, 0.2) is 0 Å². The normalized spacial score (nSPS) is 32.7. The molecule has 107 valence electrons. The predicted octanol–water partition coefficient (Wildman–Crippen LogP) is 4.70. The standard InChI is InChI=1S/C16H29BNS/c1-4-17-14-9-7-5-6-8-10-15-13(14)11-16(19)18(15)12(2)3/h12-15H,4-11H2,1-3H3. The summed E-state index contributed by atoms with van der Waals surface area (Å²) in [4.78, 5) is 3.81. The topological polar surface area (TPSA) is 3.24 Å². The quantitative estimate of drug-likeness (QED) is 0.544. The van der Waals surface area contributed by atoms with Crippen molar-refractivity contribution < 1.29 is 0 Å². The molecule has 1 nitrogen and oxygen atoms in total. The van der Waals surface area contributed by atoms with Crippen LogP contribution in [0.2, 0.25) is 12.1 Å². The summed E-state index contributed by atoms with van der Waals surface area (Å²) >= 11 is 5.70. The molecule has 0 spiro atoms. The minimum absolute atomic E-state index is 0.575. The van der Waals surface area contributed by atoms with E-state index in [0.717, 1.165) is 17.8 Å². The van der Waals surface area contributed by atoms with Gasteiger partial charge in [0.2, 0.25) is 0 Å². The summed E-state index contributed by atoms with van der Waals surface area (Å²) in [6.45, 7) is 6.90. The molecule has 1 saturated carbocycles. The van der Waals surface area contributed by atoms with Gasteiger partial charge in [-0.25, -0.2) is 0 Å². The Balaban J connectivity index is 2.17. The summed E-state index contributed by atoms with van der Waals surface area (Å²) in [6.07, 6.45) is 10.8. The number of hydrogen-bond acceptors (Lipinski definition) is 1. The Morgan fingerprint density at radius 2 is 1.89 bits per heavy atom. The Bertz CT molecular complexity index is 305. The second-order valence-corrected chi connectivity index (χ2v) is 7.10. The highest BCUT2D eigenvalue weighted by Gasteiger charge is 2.41. The van der Waals surface area contributed by atoms with E-state index in [1.165, 1.54) is 56.3 Å². The fraction of sp³-hybridized carbons (Fsp3) is 0.938. The van der Waals surface area contributed by atoms with E-state index in [1.807, 2.05) is 0 Å². The molecule has 3 atom stereocenters. The fourth-order valence-electron chi connectivity index (χ4n) is 4.19. The lowest BCUT2D eigenvalue weighted by atomic mass is 9.54. The average molecular weight is 278 g/mol. The third kappa shape index (κ3) is 3.54. The van der Waals surface area contributed by atoms with Crippen LogP contribution in [0.5, 0.6) is 0 Å². The molecule has 0 aromatic heterocycles. The first-order valence-corrected chi connectivity index (χ1v) is 8.70. The first-order valence-electron chi connectivity index (χ1n) is 8.29. The Hall–Kier alpha value is -0.0451. The third-order valence-corrected chi connectivity index (χ3v) is 5.36. The molecule has 1 radical (unpaired) electrons. The predicted molar refractivity (Wildman–Crippen MR) is 89.2 cm³/mol. The fourth-order valence-corrected chi connectivity index (χ4v) is 4.73. The number of rotatable bonds is 3. The molecule has 3 unspecified atom stereocenters. The minimum atomic E-state index is 0.575. The number of nitrogens with zero attached hydrogens (tertiary/aromatic N) is 1. The lowest BCUT2D eigenvalue weighted by Crippen LogP contribution is -2.40. The molecule has 2 rings (SSSR count). The van der Waals surface area contributed by atoms with Gasteiger partial charge in [-0.2, -0.15) is 0 Å². The Morgan fingerprint density at radius 3 is 2.53 bits per heavy atom. The Morgan fingerprint density at radius 1 is 1.21 bits per heavy atom. The van der Waals surface area contributed by atoms with Gasteiger partial charge in [0, 0.05) is 18.5 Å². The van der Waals surface area contributed by atoms with Crippen LogP contribution >= 0.6 is 12.2 Å². The molecule has 1 aliphatic carbocycles. The monoisotopic (exact) mass is 278 g/mol. The minimum Gasteiger partial charge on any atom is -0.360 e. The van der Waals surface area contributed by atoms with E-state index in [9.17, 15) is 0 Å². The van der Waals surface area contributed by atoms with Gasteiger partial charge in [-0.05, 0) is 26.2 Å². The summed E-state index contributed by atoms with van der Waals surface area (Å²) in [5, 5.41) is 0. The van der Waals surface area contributed by atoms with Crippen molar-refractivity contribution in [3.8, 4) is 0 Å². The van der Waals surface area contributed by atoms with Crippen LogP contribution in [0.15, 0.2) is 0 Å². The van der Waals surface area contributed by atoms with Crippen molar-refractivity contribution in [3.63, 3.8) is 0 Å². The van der Waals surface area contributed by atoms with Gasteiger partial charge in [-0.1, -0.05) is 63.4 Å². The van der Waals surface area contributed by atoms with Crippen LogP contribution < -0.4 is 0 Å². The van der Waals surface area contributed by atoms with Gasteiger partial charge in [-0.15, -0.1) is 0 Å². The van der Waals surface area contributed by atoms with Gasteiger partial charge in [0.1, 0.15) is 7.28 Å². The van der Waals surface area contributed by atoms with E-state index in [2.05, 4.69) is 33.0 Å². The Kier molecular flexibility index (Phi) is 5.74. The van der Waals surface area contributed by atoms with Gasteiger partial charge in [0.25, 0.3) is 0 Å². The zero-order valence-electron chi connectivity index (χ0n) is 12.9. The third-order valence-electron chi connectivity index (χ3n) is 4.98. The SMILES string of the molecule is CC[B]C1CCCCCCC2C1CC(=S)N2C(C)C. The molecule has 0 aromatic rings. The van der Waals surface area contributed by atoms with E-state index in [-0.39, 0.29) is 0 Å². The van der Waals surface area contributed by atoms with Crippen LogP contribution in [-0.2, 0) is 0 Å². The van der Waals surface area contributed by atoms with Crippen molar-refractivity contribution in [2.75, 3.05) is 0 Å². The van der Waals surface area contributed by atoms with Crippen molar-refractivity contribution in [2.45, 2.75) is 89.9 Å². The van der Waals surface area contributed by atoms with Crippen LogP contribution in [0.1, 0.15) is 65.7 Å². The summed E-state index contributed by atoms with van der Waals surface area (Å²) < 4.78 is 0. The molecule has 2 aliphatic rings. The first-order chi connectivity index (χ1) is 9.15. The van der Waals surface area contributed by atoms with E-state index in [0.29, 0.717) is 6.04 Å². The van der Waals surface area contributed by atoms with Gasteiger partial charge >= 0.3 is 0 Å². The largest absolute Gasteiger partial charge is 0.360 e. The maximum atomic E-state index is 5.70. The van der Waals surface area contributed by atoms with Crippen LogP contribution in [0.4, 0.5) is 0 Å². The highest BCUT2D eigenvalue weighted by Crippen LogP contribution is 2.42. The summed E-state index contributed by atoms with van der Waals surface area (Å²) in [5.74, 6) is 1.60. The van der Waals surface area contributed by atoms with E-state index >= 15 is 0 Å². The summed E-state index contributed by atoms with van der Waals surface area (Å²) in [6, 6.07) is 1.30. The molecular weight excluding hydrogens is 249 g/mol. The molecule has 1 heterocycles. The van der Waals surface area contributed by atoms with Gasteiger partial charge < -0.3 is 4.90 Å². The van der Waals surface area contributed by atoms with Crippen molar-refractivity contribution in [1.82, 2.24) is 4.90 Å². The number of likely N-dealkylation sites (tertiary alicyclic amines) is 1. The molecule has 0 aromatic carbocycles. The zero-order chi connectivity index (χ0) is 13.8. The van der Waals surface area contributed by atoms with Crippen LogP contribution in [0, 0.1) is 5.92 Å². The van der Waals surface area contributed by atoms with Crippen molar-refractivity contribution in [1.29, 1.82) is 0 Å². The van der Waals surface area contributed by atoms with Crippen LogP contribution in [0.25, 0.3) is 0 Å². The van der Waals surface area contributed by atoms with E-state index < -0.39 is 0 Å². The van der Waals surface area contributed by atoms with E-state index in [4.69, 9.17) is 12.2 Å².